The second kappa shape index (κ2) is 4.47. The standard InChI is InChI=1S/C11H9N3O3/c1-2-8-4-3-5-9(6-8)17-10-7-14(11(15)16)13-12-10/h1,3-7,12-13H,(H,15,16). The van der Waals surface area contributed by atoms with Crippen LogP contribution in [-0.2, 0) is 0 Å². The van der Waals surface area contributed by atoms with Crippen molar-refractivity contribution in [2.45, 2.75) is 0 Å². The first-order valence-corrected chi connectivity index (χ1v) is 4.69. The number of carboxylic acid groups (broad SMARTS) is 1. The Morgan fingerprint density at radius 1 is 1.53 bits per heavy atom. The molecule has 6 heteroatoms. The number of hydrazine groups is 2. The number of terminal acetylenes is 1. The van der Waals surface area contributed by atoms with Gasteiger partial charge in [-0.05, 0) is 18.2 Å². The average molecular weight is 231 g/mol. The van der Waals surface area contributed by atoms with Crippen molar-refractivity contribution in [2.75, 3.05) is 0 Å². The monoisotopic (exact) mass is 231 g/mol. The number of nitrogens with one attached hydrogen (secondary N) is 2. The van der Waals surface area contributed by atoms with Crippen LogP contribution >= 0.6 is 0 Å². The lowest BCUT2D eigenvalue weighted by molar-refractivity contribution is 0.145. The van der Waals surface area contributed by atoms with Crippen LogP contribution in [0.25, 0.3) is 0 Å². The van der Waals surface area contributed by atoms with Crippen LogP contribution in [0.3, 0.4) is 0 Å². The molecule has 1 amide bonds. The Kier molecular flexibility index (Phi) is 2.85. The van der Waals surface area contributed by atoms with Crippen molar-refractivity contribution in [1.82, 2.24) is 16.0 Å². The van der Waals surface area contributed by atoms with E-state index in [-0.39, 0.29) is 5.88 Å². The first kappa shape index (κ1) is 10.9. The number of nitrogens with zero attached hydrogens (tertiary/aromatic N) is 1. The fourth-order valence-corrected chi connectivity index (χ4v) is 1.23. The quantitative estimate of drug-likeness (QED) is 0.658. The van der Waals surface area contributed by atoms with E-state index in [1.54, 1.807) is 24.3 Å². The van der Waals surface area contributed by atoms with E-state index in [0.29, 0.717) is 11.3 Å². The third-order valence-corrected chi connectivity index (χ3v) is 1.98. The molecule has 1 aliphatic rings. The maximum Gasteiger partial charge on any atom is 0.427 e. The van der Waals surface area contributed by atoms with E-state index in [9.17, 15) is 4.79 Å². The van der Waals surface area contributed by atoms with Gasteiger partial charge in [0.05, 0.1) is 6.20 Å². The highest BCUT2D eigenvalue weighted by Gasteiger charge is 2.17. The maximum absolute atomic E-state index is 10.6. The van der Waals surface area contributed by atoms with Gasteiger partial charge in [-0.15, -0.1) is 12.0 Å². The van der Waals surface area contributed by atoms with Gasteiger partial charge in [0.25, 0.3) is 0 Å². The number of carbonyl (C=O) groups is 1. The van der Waals surface area contributed by atoms with Crippen LogP contribution < -0.4 is 15.7 Å². The fourth-order valence-electron chi connectivity index (χ4n) is 1.23. The molecule has 3 N–H and O–H groups in total. The van der Waals surface area contributed by atoms with Gasteiger partial charge in [0, 0.05) is 5.56 Å². The van der Waals surface area contributed by atoms with E-state index in [1.807, 2.05) is 0 Å². The predicted octanol–water partition coefficient (Wildman–Crippen LogP) is 0.848. The average Bonchev–Trinajstić information content (AvgIpc) is 2.78. The molecule has 0 atom stereocenters. The van der Waals surface area contributed by atoms with Crippen molar-refractivity contribution in [3.63, 3.8) is 0 Å². The van der Waals surface area contributed by atoms with Gasteiger partial charge >= 0.3 is 6.09 Å². The zero-order valence-electron chi connectivity index (χ0n) is 8.68. The van der Waals surface area contributed by atoms with E-state index in [0.717, 1.165) is 5.01 Å². The van der Waals surface area contributed by atoms with Crippen LogP contribution in [-0.4, -0.2) is 16.2 Å². The van der Waals surface area contributed by atoms with E-state index < -0.39 is 6.09 Å². The molecule has 0 aromatic heterocycles. The molecule has 0 bridgehead atoms. The second-order valence-corrected chi connectivity index (χ2v) is 3.16. The third-order valence-electron chi connectivity index (χ3n) is 1.98. The Morgan fingerprint density at radius 2 is 2.35 bits per heavy atom. The minimum atomic E-state index is -1.14. The summed E-state index contributed by atoms with van der Waals surface area (Å²) in [5, 5.41) is 9.51. The minimum Gasteiger partial charge on any atom is -0.464 e. The molecular formula is C11H9N3O3. The zero-order valence-corrected chi connectivity index (χ0v) is 8.68. The summed E-state index contributed by atoms with van der Waals surface area (Å²) >= 11 is 0. The maximum atomic E-state index is 10.6. The molecule has 1 aromatic carbocycles. The van der Waals surface area contributed by atoms with Gasteiger partial charge < -0.3 is 9.84 Å². The van der Waals surface area contributed by atoms with Crippen LogP contribution in [0.2, 0.25) is 0 Å². The number of hydrogen-bond acceptors (Lipinski definition) is 4. The van der Waals surface area contributed by atoms with Crippen LogP contribution in [0.1, 0.15) is 5.56 Å². The summed E-state index contributed by atoms with van der Waals surface area (Å²) in [7, 11) is 0. The van der Waals surface area contributed by atoms with Crippen molar-refractivity contribution >= 4 is 6.09 Å². The molecule has 0 saturated carbocycles. The minimum absolute atomic E-state index is 0.265. The Bertz CT molecular complexity index is 519. The lowest BCUT2D eigenvalue weighted by Crippen LogP contribution is -2.39. The highest BCUT2D eigenvalue weighted by atomic mass is 16.5. The summed E-state index contributed by atoms with van der Waals surface area (Å²) in [5.41, 5.74) is 5.62. The SMILES string of the molecule is C#Cc1cccc(OC2=CN(C(=O)O)NN2)c1. The number of benzene rings is 1. The van der Waals surface area contributed by atoms with Crippen molar-refractivity contribution in [3.05, 3.63) is 41.9 Å². The number of amides is 1. The molecule has 17 heavy (non-hydrogen) atoms. The summed E-state index contributed by atoms with van der Waals surface area (Å²) in [6.45, 7) is 0. The Balaban J connectivity index is 2.09. The summed E-state index contributed by atoms with van der Waals surface area (Å²) in [6.07, 6.45) is 5.38. The third kappa shape index (κ3) is 2.48. The second-order valence-electron chi connectivity index (χ2n) is 3.16. The molecule has 0 aliphatic carbocycles. The van der Waals surface area contributed by atoms with Crippen molar-refractivity contribution < 1.29 is 14.6 Å². The molecule has 1 aromatic rings. The van der Waals surface area contributed by atoms with Gasteiger partial charge in [0.1, 0.15) is 5.75 Å². The van der Waals surface area contributed by atoms with Crippen molar-refractivity contribution in [2.24, 2.45) is 0 Å². The van der Waals surface area contributed by atoms with E-state index in [1.165, 1.54) is 6.20 Å². The lowest BCUT2D eigenvalue weighted by Gasteiger charge is -2.07. The molecule has 0 unspecified atom stereocenters. The number of rotatable bonds is 2. The van der Waals surface area contributed by atoms with Crippen molar-refractivity contribution in [1.29, 1.82) is 0 Å². The van der Waals surface area contributed by atoms with Gasteiger partial charge in [0.15, 0.2) is 0 Å². The van der Waals surface area contributed by atoms with Crippen LogP contribution in [0.15, 0.2) is 36.3 Å². The van der Waals surface area contributed by atoms with Crippen molar-refractivity contribution in [3.8, 4) is 18.1 Å². The molecule has 0 radical (unpaired) electrons. The normalized spacial score (nSPS) is 13.6. The molecule has 2 rings (SSSR count). The Morgan fingerprint density at radius 3 is 3.00 bits per heavy atom. The van der Waals surface area contributed by atoms with Crippen LogP contribution in [0.5, 0.6) is 5.75 Å². The molecule has 0 fully saturated rings. The molecule has 1 aliphatic heterocycles. The van der Waals surface area contributed by atoms with E-state index in [4.69, 9.17) is 16.3 Å². The van der Waals surface area contributed by atoms with Gasteiger partial charge in [-0.3, -0.25) is 5.43 Å². The summed E-state index contributed by atoms with van der Waals surface area (Å²) < 4.78 is 5.39. The predicted molar refractivity (Wildman–Crippen MR) is 59.2 cm³/mol. The van der Waals surface area contributed by atoms with Gasteiger partial charge in [-0.2, -0.15) is 5.01 Å². The van der Waals surface area contributed by atoms with Gasteiger partial charge in [0.2, 0.25) is 5.88 Å². The first-order chi connectivity index (χ1) is 8.19. The molecule has 1 heterocycles. The number of hydrogen-bond donors (Lipinski definition) is 3. The van der Waals surface area contributed by atoms with Gasteiger partial charge in [-0.1, -0.05) is 12.0 Å². The van der Waals surface area contributed by atoms with Crippen LogP contribution in [0, 0.1) is 12.3 Å². The fraction of sp³-hybridized carbons (Fsp3) is 0. The van der Waals surface area contributed by atoms with Gasteiger partial charge in [-0.25, -0.2) is 4.79 Å². The lowest BCUT2D eigenvalue weighted by atomic mass is 10.2. The van der Waals surface area contributed by atoms with E-state index >= 15 is 0 Å². The molecule has 86 valence electrons. The number of ether oxygens (including phenoxy) is 1. The summed E-state index contributed by atoms with van der Waals surface area (Å²) in [4.78, 5) is 10.6. The zero-order chi connectivity index (χ0) is 12.3. The Labute approximate surface area is 97.4 Å². The van der Waals surface area contributed by atoms with E-state index in [2.05, 4.69) is 16.9 Å². The largest absolute Gasteiger partial charge is 0.464 e. The highest BCUT2D eigenvalue weighted by Crippen LogP contribution is 2.15. The summed E-state index contributed by atoms with van der Waals surface area (Å²) in [6, 6.07) is 6.91. The Hall–Kier alpha value is -2.65. The first-order valence-electron chi connectivity index (χ1n) is 4.69. The van der Waals surface area contributed by atoms with Crippen LogP contribution in [0.4, 0.5) is 4.79 Å². The summed E-state index contributed by atoms with van der Waals surface area (Å²) in [5.74, 6) is 3.27. The smallest absolute Gasteiger partial charge is 0.427 e. The molecule has 0 spiro atoms. The molecule has 0 saturated heterocycles. The molecule has 6 nitrogen and oxygen atoms in total. The molecular weight excluding hydrogens is 222 g/mol. The topological polar surface area (TPSA) is 73.8 Å². The highest BCUT2D eigenvalue weighted by molar-refractivity contribution is 5.66.